The Morgan fingerprint density at radius 1 is 1.39 bits per heavy atom. The molecule has 1 heterocycles. The highest BCUT2D eigenvalue weighted by Crippen LogP contribution is 2.13. The Morgan fingerprint density at radius 3 is 2.70 bits per heavy atom. The first kappa shape index (κ1) is 17.0. The average molecular weight is 314 g/mol. The number of hydrogen-bond acceptors (Lipinski definition) is 4. The Morgan fingerprint density at radius 2 is 2.09 bits per heavy atom. The Labute approximate surface area is 136 Å². The van der Waals surface area contributed by atoms with Gasteiger partial charge in [-0.15, -0.1) is 0 Å². The second-order valence-corrected chi connectivity index (χ2v) is 5.90. The number of carbonyl (C=O) groups is 2. The molecule has 23 heavy (non-hydrogen) atoms. The molecule has 1 fully saturated rings. The van der Waals surface area contributed by atoms with Crippen molar-refractivity contribution in [3.63, 3.8) is 0 Å². The van der Waals surface area contributed by atoms with Crippen molar-refractivity contribution in [2.75, 3.05) is 13.1 Å². The normalized spacial score (nSPS) is 16.5. The van der Waals surface area contributed by atoms with Crippen LogP contribution in [0.25, 0.3) is 0 Å². The molecule has 2 atom stereocenters. The van der Waals surface area contributed by atoms with E-state index in [1.54, 1.807) is 30.0 Å². The fourth-order valence-electron chi connectivity index (χ4n) is 2.66. The van der Waals surface area contributed by atoms with Gasteiger partial charge in [-0.25, -0.2) is 0 Å². The van der Waals surface area contributed by atoms with Crippen LogP contribution in [0, 0.1) is 11.3 Å². The van der Waals surface area contributed by atoms with Crippen molar-refractivity contribution in [1.82, 2.24) is 10.2 Å². The molecule has 6 nitrogen and oxygen atoms in total. The quantitative estimate of drug-likeness (QED) is 0.829. The fraction of sp³-hybridized carbons (Fsp3) is 0.471. The summed E-state index contributed by atoms with van der Waals surface area (Å²) in [6.45, 7) is 3.03. The number of hydrogen-bond donors (Lipinski definition) is 2. The van der Waals surface area contributed by atoms with Crippen LogP contribution in [0.2, 0.25) is 0 Å². The van der Waals surface area contributed by atoms with E-state index in [0.29, 0.717) is 12.0 Å². The van der Waals surface area contributed by atoms with Gasteiger partial charge >= 0.3 is 0 Å². The summed E-state index contributed by atoms with van der Waals surface area (Å²) >= 11 is 0. The molecule has 2 unspecified atom stereocenters. The van der Waals surface area contributed by atoms with Gasteiger partial charge in [0.2, 0.25) is 11.8 Å². The smallest absolute Gasteiger partial charge is 0.245 e. The highest BCUT2D eigenvalue weighted by Gasteiger charge is 2.28. The topological polar surface area (TPSA) is 99.2 Å². The summed E-state index contributed by atoms with van der Waals surface area (Å²) < 4.78 is 0. The van der Waals surface area contributed by atoms with E-state index < -0.39 is 12.1 Å². The molecule has 0 aromatic heterocycles. The van der Waals surface area contributed by atoms with Crippen molar-refractivity contribution in [3.05, 3.63) is 35.4 Å². The van der Waals surface area contributed by atoms with E-state index in [4.69, 9.17) is 11.0 Å². The molecule has 0 radical (unpaired) electrons. The molecule has 6 heteroatoms. The van der Waals surface area contributed by atoms with Crippen LogP contribution in [-0.2, 0) is 16.0 Å². The molecule has 1 aliphatic rings. The fourth-order valence-corrected chi connectivity index (χ4v) is 2.66. The van der Waals surface area contributed by atoms with Gasteiger partial charge in [0.1, 0.15) is 6.04 Å². The lowest BCUT2D eigenvalue weighted by molar-refractivity contribution is -0.135. The van der Waals surface area contributed by atoms with E-state index in [1.165, 1.54) is 0 Å². The number of nitriles is 1. The number of rotatable bonds is 5. The highest BCUT2D eigenvalue weighted by molar-refractivity contribution is 5.89. The zero-order chi connectivity index (χ0) is 16.8. The maximum absolute atomic E-state index is 12.7. The molecule has 1 aromatic rings. The molecule has 0 bridgehead atoms. The molecule has 0 saturated carbocycles. The predicted molar refractivity (Wildman–Crippen MR) is 86.3 cm³/mol. The summed E-state index contributed by atoms with van der Waals surface area (Å²) in [6, 6.07) is 7.83. The molecular weight excluding hydrogens is 292 g/mol. The molecular formula is C17H22N4O2. The minimum absolute atomic E-state index is 0.0844. The first-order chi connectivity index (χ1) is 11.0. The van der Waals surface area contributed by atoms with Gasteiger partial charge in [-0.2, -0.15) is 5.26 Å². The standard InChI is InChI=1S/C17H22N4O2/c1-12(19)16(22)20-15(17(23)21-7-2-3-8-21)10-13-5-4-6-14(9-13)11-18/h4-6,9,12,15H,2-3,7-8,10,19H2,1H3,(H,20,22). The van der Waals surface area contributed by atoms with Gasteiger partial charge in [0.05, 0.1) is 17.7 Å². The second-order valence-electron chi connectivity index (χ2n) is 5.90. The van der Waals surface area contributed by atoms with Gasteiger partial charge in [0, 0.05) is 19.5 Å². The largest absolute Gasteiger partial charge is 0.343 e. The van der Waals surface area contributed by atoms with Crippen molar-refractivity contribution in [2.45, 2.75) is 38.3 Å². The summed E-state index contributed by atoms with van der Waals surface area (Å²) in [5, 5.41) is 11.7. The van der Waals surface area contributed by atoms with Crippen LogP contribution >= 0.6 is 0 Å². The molecule has 1 aliphatic heterocycles. The van der Waals surface area contributed by atoms with Gasteiger partial charge in [-0.05, 0) is 37.5 Å². The van der Waals surface area contributed by atoms with Crippen molar-refractivity contribution < 1.29 is 9.59 Å². The number of benzene rings is 1. The Hall–Kier alpha value is -2.39. The van der Waals surface area contributed by atoms with Crippen molar-refractivity contribution in [3.8, 4) is 6.07 Å². The summed E-state index contributed by atoms with van der Waals surface area (Å²) in [6.07, 6.45) is 2.33. The first-order valence-electron chi connectivity index (χ1n) is 7.85. The van der Waals surface area contributed by atoms with E-state index in [0.717, 1.165) is 31.5 Å². The number of nitrogens with zero attached hydrogens (tertiary/aromatic N) is 2. The average Bonchev–Trinajstić information content (AvgIpc) is 3.08. The molecule has 0 spiro atoms. The van der Waals surface area contributed by atoms with Crippen molar-refractivity contribution in [2.24, 2.45) is 5.73 Å². The zero-order valence-electron chi connectivity index (χ0n) is 13.3. The van der Waals surface area contributed by atoms with Crippen LogP contribution < -0.4 is 11.1 Å². The van der Waals surface area contributed by atoms with E-state index in [-0.39, 0.29) is 11.8 Å². The van der Waals surface area contributed by atoms with Crippen LogP contribution in [0.15, 0.2) is 24.3 Å². The summed E-state index contributed by atoms with van der Waals surface area (Å²) in [7, 11) is 0. The van der Waals surface area contributed by atoms with Crippen LogP contribution in [0.1, 0.15) is 30.9 Å². The molecule has 122 valence electrons. The van der Waals surface area contributed by atoms with Gasteiger partial charge < -0.3 is 16.0 Å². The molecule has 2 amide bonds. The van der Waals surface area contributed by atoms with Crippen LogP contribution in [0.4, 0.5) is 0 Å². The van der Waals surface area contributed by atoms with Crippen LogP contribution in [0.5, 0.6) is 0 Å². The highest BCUT2D eigenvalue weighted by atomic mass is 16.2. The van der Waals surface area contributed by atoms with Crippen molar-refractivity contribution in [1.29, 1.82) is 5.26 Å². The minimum atomic E-state index is -0.672. The summed E-state index contributed by atoms with van der Waals surface area (Å²) in [5.74, 6) is -0.433. The molecule has 1 aromatic carbocycles. The number of amides is 2. The first-order valence-corrected chi connectivity index (χ1v) is 7.85. The lowest BCUT2D eigenvalue weighted by Gasteiger charge is -2.25. The molecule has 1 saturated heterocycles. The lowest BCUT2D eigenvalue weighted by atomic mass is 10.0. The number of carbonyl (C=O) groups excluding carboxylic acids is 2. The molecule has 3 N–H and O–H groups in total. The summed E-state index contributed by atoms with van der Waals surface area (Å²) in [4.78, 5) is 26.4. The number of nitrogens with one attached hydrogen (secondary N) is 1. The monoisotopic (exact) mass is 314 g/mol. The second kappa shape index (κ2) is 7.75. The summed E-state index contributed by atoms with van der Waals surface area (Å²) in [5.41, 5.74) is 6.97. The third kappa shape index (κ3) is 4.54. The van der Waals surface area contributed by atoms with E-state index >= 15 is 0 Å². The Kier molecular flexibility index (Phi) is 5.72. The maximum atomic E-state index is 12.7. The zero-order valence-corrected chi connectivity index (χ0v) is 13.3. The van der Waals surface area contributed by atoms with E-state index in [1.807, 2.05) is 6.07 Å². The molecule has 2 rings (SSSR count). The van der Waals surface area contributed by atoms with Gasteiger partial charge in [-0.1, -0.05) is 12.1 Å². The minimum Gasteiger partial charge on any atom is -0.343 e. The lowest BCUT2D eigenvalue weighted by Crippen LogP contribution is -2.52. The van der Waals surface area contributed by atoms with Gasteiger partial charge in [0.15, 0.2) is 0 Å². The van der Waals surface area contributed by atoms with Gasteiger partial charge in [0.25, 0.3) is 0 Å². The van der Waals surface area contributed by atoms with Crippen LogP contribution in [0.3, 0.4) is 0 Å². The maximum Gasteiger partial charge on any atom is 0.245 e. The molecule has 0 aliphatic carbocycles. The van der Waals surface area contributed by atoms with Crippen LogP contribution in [-0.4, -0.2) is 41.9 Å². The van der Waals surface area contributed by atoms with E-state index in [9.17, 15) is 9.59 Å². The van der Waals surface area contributed by atoms with Crippen molar-refractivity contribution >= 4 is 11.8 Å². The van der Waals surface area contributed by atoms with Gasteiger partial charge in [-0.3, -0.25) is 9.59 Å². The third-order valence-corrected chi connectivity index (χ3v) is 3.94. The predicted octanol–water partition coefficient (Wildman–Crippen LogP) is 0.555. The number of nitrogens with two attached hydrogens (primary N) is 1. The SMILES string of the molecule is CC(N)C(=O)NC(Cc1cccc(C#N)c1)C(=O)N1CCCC1. The Balaban J connectivity index is 2.16. The van der Waals surface area contributed by atoms with E-state index in [2.05, 4.69) is 11.4 Å². The Bertz CT molecular complexity index is 615. The number of likely N-dealkylation sites (tertiary alicyclic amines) is 1. The third-order valence-electron chi connectivity index (χ3n) is 3.94.